The third kappa shape index (κ3) is 4.67. The first kappa shape index (κ1) is 20.7. The van der Waals surface area contributed by atoms with E-state index in [-0.39, 0.29) is 23.2 Å². The molecule has 0 aliphatic heterocycles. The van der Waals surface area contributed by atoms with E-state index in [9.17, 15) is 22.8 Å². The van der Waals surface area contributed by atoms with E-state index in [1.165, 1.54) is 6.07 Å². The molecule has 0 saturated heterocycles. The van der Waals surface area contributed by atoms with Crippen molar-refractivity contribution in [3.63, 3.8) is 0 Å². The molecular weight excluding hydrogens is 393 g/mol. The van der Waals surface area contributed by atoms with E-state index in [1.54, 1.807) is 30.3 Å². The molecule has 4 nitrogen and oxygen atoms in total. The Bertz CT molecular complexity index is 1160. The van der Waals surface area contributed by atoms with Crippen LogP contribution in [0.25, 0.3) is 0 Å². The first-order valence-electron chi connectivity index (χ1n) is 8.77. The van der Waals surface area contributed by atoms with Crippen molar-refractivity contribution in [2.24, 2.45) is 0 Å². The molecule has 0 saturated carbocycles. The summed E-state index contributed by atoms with van der Waals surface area (Å²) in [7, 11) is 0. The average molecular weight is 408 g/mol. The maximum absolute atomic E-state index is 14.4. The van der Waals surface area contributed by atoms with Crippen molar-refractivity contribution in [1.82, 2.24) is 5.32 Å². The molecule has 3 rings (SSSR count). The van der Waals surface area contributed by atoms with Crippen LogP contribution in [0.2, 0.25) is 0 Å². The van der Waals surface area contributed by atoms with Gasteiger partial charge in [0, 0.05) is 17.8 Å². The lowest BCUT2D eigenvalue weighted by Gasteiger charge is -2.11. The molecule has 0 fully saturated rings. The number of rotatable bonds is 5. The number of anilines is 1. The van der Waals surface area contributed by atoms with Gasteiger partial charge >= 0.3 is 0 Å². The number of nitrogens with one attached hydrogen (secondary N) is 2. The zero-order valence-corrected chi connectivity index (χ0v) is 15.5. The maximum atomic E-state index is 14.4. The predicted octanol–water partition coefficient (Wildman–Crippen LogP) is 4.27. The Labute approximate surface area is 170 Å². The van der Waals surface area contributed by atoms with Gasteiger partial charge in [-0.2, -0.15) is 0 Å². The third-order valence-corrected chi connectivity index (χ3v) is 4.22. The highest BCUT2D eigenvalue weighted by Crippen LogP contribution is 2.18. The summed E-state index contributed by atoms with van der Waals surface area (Å²) in [5.74, 6) is -2.21. The van der Waals surface area contributed by atoms with Crippen LogP contribution in [-0.2, 0) is 6.54 Å². The van der Waals surface area contributed by atoms with Gasteiger partial charge < -0.3 is 10.6 Å². The fourth-order valence-corrected chi connectivity index (χ4v) is 2.70. The van der Waals surface area contributed by atoms with Crippen LogP contribution < -0.4 is 10.6 Å². The Morgan fingerprint density at radius 2 is 1.57 bits per heavy atom. The second-order valence-electron chi connectivity index (χ2n) is 6.27. The lowest BCUT2D eigenvalue weighted by molar-refractivity contribution is 0.0947. The summed E-state index contributed by atoms with van der Waals surface area (Å²) in [4.78, 5) is 25.0. The molecular formula is C23H15F3N2O2. The first-order chi connectivity index (χ1) is 14.4. The second-order valence-corrected chi connectivity index (χ2v) is 6.27. The fraction of sp³-hybridized carbons (Fsp3) is 0.0435. The molecule has 0 heterocycles. The van der Waals surface area contributed by atoms with Gasteiger partial charge in [-0.15, -0.1) is 6.42 Å². The van der Waals surface area contributed by atoms with Crippen LogP contribution in [-0.4, -0.2) is 11.8 Å². The number of carbonyl (C=O) groups excluding carboxylic acids is 2. The quantitative estimate of drug-likeness (QED) is 0.620. The molecule has 0 aromatic heterocycles. The topological polar surface area (TPSA) is 58.2 Å². The number of amides is 2. The van der Waals surface area contributed by atoms with Gasteiger partial charge in [-0.3, -0.25) is 9.59 Å². The molecule has 0 radical (unpaired) electrons. The van der Waals surface area contributed by atoms with Crippen LogP contribution in [0.1, 0.15) is 31.8 Å². The monoisotopic (exact) mass is 408 g/mol. The van der Waals surface area contributed by atoms with Crippen LogP contribution in [0.5, 0.6) is 0 Å². The number of terminal acetylenes is 1. The molecule has 0 bridgehead atoms. The molecule has 3 aromatic carbocycles. The third-order valence-electron chi connectivity index (χ3n) is 4.22. The van der Waals surface area contributed by atoms with E-state index in [4.69, 9.17) is 6.42 Å². The van der Waals surface area contributed by atoms with Crippen molar-refractivity contribution in [3.8, 4) is 12.3 Å². The van der Waals surface area contributed by atoms with E-state index < -0.39 is 34.8 Å². The number of halogens is 3. The SMILES string of the molecule is C#Cc1cc(F)c(C(=O)NCc2ccc(F)c(F)c2)cc1C(=O)Nc1ccccc1. The summed E-state index contributed by atoms with van der Waals surface area (Å²) >= 11 is 0. The highest BCUT2D eigenvalue weighted by molar-refractivity contribution is 6.07. The van der Waals surface area contributed by atoms with Gasteiger partial charge in [0.25, 0.3) is 11.8 Å². The molecule has 30 heavy (non-hydrogen) atoms. The largest absolute Gasteiger partial charge is 0.348 e. The Balaban J connectivity index is 1.82. The van der Waals surface area contributed by atoms with Gasteiger partial charge in [-0.05, 0) is 42.0 Å². The van der Waals surface area contributed by atoms with Gasteiger partial charge in [0.05, 0.1) is 11.1 Å². The van der Waals surface area contributed by atoms with E-state index in [2.05, 4.69) is 16.6 Å². The summed E-state index contributed by atoms with van der Waals surface area (Å²) < 4.78 is 40.7. The van der Waals surface area contributed by atoms with E-state index in [1.807, 2.05) is 0 Å². The zero-order chi connectivity index (χ0) is 21.7. The van der Waals surface area contributed by atoms with Gasteiger partial charge in [-0.25, -0.2) is 13.2 Å². The second kappa shape index (κ2) is 8.97. The minimum atomic E-state index is -1.06. The van der Waals surface area contributed by atoms with Crippen molar-refractivity contribution >= 4 is 17.5 Å². The van der Waals surface area contributed by atoms with Crippen molar-refractivity contribution in [3.05, 3.63) is 100 Å². The smallest absolute Gasteiger partial charge is 0.256 e. The number of para-hydroxylation sites is 1. The number of carbonyl (C=O) groups is 2. The minimum absolute atomic E-state index is 0.0157. The summed E-state index contributed by atoms with van der Waals surface area (Å²) in [6, 6.07) is 13.6. The van der Waals surface area contributed by atoms with Gasteiger partial charge in [0.15, 0.2) is 11.6 Å². The predicted molar refractivity (Wildman–Crippen MR) is 106 cm³/mol. The van der Waals surface area contributed by atoms with Crippen molar-refractivity contribution in [2.45, 2.75) is 6.54 Å². The lowest BCUT2D eigenvalue weighted by atomic mass is 10.0. The normalized spacial score (nSPS) is 10.2. The summed E-state index contributed by atoms with van der Waals surface area (Å²) in [5, 5.41) is 5.03. The van der Waals surface area contributed by atoms with Crippen LogP contribution >= 0.6 is 0 Å². The first-order valence-corrected chi connectivity index (χ1v) is 8.77. The Kier molecular flexibility index (Phi) is 6.18. The molecule has 3 aromatic rings. The van der Waals surface area contributed by atoms with Crippen LogP contribution in [0.4, 0.5) is 18.9 Å². The highest BCUT2D eigenvalue weighted by Gasteiger charge is 2.19. The molecule has 0 spiro atoms. The summed E-state index contributed by atoms with van der Waals surface area (Å²) in [6.45, 7) is -0.169. The van der Waals surface area contributed by atoms with Crippen molar-refractivity contribution in [1.29, 1.82) is 0 Å². The number of hydrogen-bond donors (Lipinski definition) is 2. The molecule has 150 valence electrons. The molecule has 2 N–H and O–H groups in total. The van der Waals surface area contributed by atoms with Gasteiger partial charge in [0.2, 0.25) is 0 Å². The van der Waals surface area contributed by atoms with Crippen LogP contribution in [0.3, 0.4) is 0 Å². The van der Waals surface area contributed by atoms with E-state index >= 15 is 0 Å². The highest BCUT2D eigenvalue weighted by atomic mass is 19.2. The molecule has 0 unspecified atom stereocenters. The number of benzene rings is 3. The Morgan fingerprint density at radius 1 is 0.833 bits per heavy atom. The standard InChI is InChI=1S/C23H15F3N2O2/c1-2-15-11-20(25)18(12-17(15)23(30)28-16-6-4-3-5-7-16)22(29)27-13-14-8-9-19(24)21(26)10-14/h1,3-12H,13H2,(H,27,29)(H,28,30). The molecule has 0 aliphatic rings. The zero-order valence-electron chi connectivity index (χ0n) is 15.5. The molecule has 2 amide bonds. The van der Waals surface area contributed by atoms with Gasteiger partial charge in [-0.1, -0.05) is 30.2 Å². The fourth-order valence-electron chi connectivity index (χ4n) is 2.70. The van der Waals surface area contributed by atoms with E-state index in [0.29, 0.717) is 5.69 Å². The molecule has 0 atom stereocenters. The average Bonchev–Trinajstić information content (AvgIpc) is 2.74. The van der Waals surface area contributed by atoms with Crippen molar-refractivity contribution < 1.29 is 22.8 Å². The van der Waals surface area contributed by atoms with Crippen LogP contribution in [0, 0.1) is 29.8 Å². The minimum Gasteiger partial charge on any atom is -0.348 e. The summed E-state index contributed by atoms with van der Waals surface area (Å²) in [5.41, 5.74) is 0.303. The van der Waals surface area contributed by atoms with Crippen LogP contribution in [0.15, 0.2) is 60.7 Å². The molecule has 7 heteroatoms. The maximum Gasteiger partial charge on any atom is 0.256 e. The Hall–Kier alpha value is -4.05. The van der Waals surface area contributed by atoms with Crippen molar-refractivity contribution in [2.75, 3.05) is 5.32 Å². The number of hydrogen-bond acceptors (Lipinski definition) is 2. The lowest BCUT2D eigenvalue weighted by Crippen LogP contribution is -2.25. The van der Waals surface area contributed by atoms with E-state index in [0.717, 1.165) is 24.3 Å². The Morgan fingerprint density at radius 3 is 2.23 bits per heavy atom. The van der Waals surface area contributed by atoms with Gasteiger partial charge in [0.1, 0.15) is 5.82 Å². The summed E-state index contributed by atoms with van der Waals surface area (Å²) in [6.07, 6.45) is 5.37. The molecule has 0 aliphatic carbocycles.